The standard InChI is InChI=1S/C12H13Cl2N5O/c1-6-10(15)11(19(2)18-6)17-12(20)16-9-4-7(13)3-8(14)5-9/h3-5H,15H2,1-2H3,(H2,16,17,20). The molecule has 2 amide bonds. The Balaban J connectivity index is 2.13. The number of hydrogen-bond donors (Lipinski definition) is 3. The summed E-state index contributed by atoms with van der Waals surface area (Å²) >= 11 is 11.7. The number of carbonyl (C=O) groups excluding carboxylic acids is 1. The van der Waals surface area contributed by atoms with Gasteiger partial charge in [0.25, 0.3) is 0 Å². The van der Waals surface area contributed by atoms with Crippen molar-refractivity contribution in [3.8, 4) is 0 Å². The van der Waals surface area contributed by atoms with Gasteiger partial charge in [-0.1, -0.05) is 23.2 Å². The van der Waals surface area contributed by atoms with Crippen LogP contribution < -0.4 is 16.4 Å². The molecule has 6 nitrogen and oxygen atoms in total. The quantitative estimate of drug-likeness (QED) is 0.795. The largest absolute Gasteiger partial charge is 0.394 e. The van der Waals surface area contributed by atoms with E-state index < -0.39 is 6.03 Å². The van der Waals surface area contributed by atoms with Gasteiger partial charge in [0.1, 0.15) is 0 Å². The lowest BCUT2D eigenvalue weighted by molar-refractivity contribution is 0.262. The van der Waals surface area contributed by atoms with Crippen LogP contribution in [0.3, 0.4) is 0 Å². The number of aryl methyl sites for hydroxylation is 2. The predicted molar refractivity (Wildman–Crippen MR) is 81.5 cm³/mol. The van der Waals surface area contributed by atoms with Gasteiger partial charge in [-0.25, -0.2) is 4.79 Å². The number of hydrogen-bond acceptors (Lipinski definition) is 3. The van der Waals surface area contributed by atoms with Crippen molar-refractivity contribution in [3.05, 3.63) is 33.9 Å². The van der Waals surface area contributed by atoms with E-state index in [1.165, 1.54) is 4.68 Å². The van der Waals surface area contributed by atoms with Crippen molar-refractivity contribution in [2.75, 3.05) is 16.4 Å². The van der Waals surface area contributed by atoms with Gasteiger partial charge >= 0.3 is 6.03 Å². The lowest BCUT2D eigenvalue weighted by atomic mass is 10.3. The number of nitrogen functional groups attached to an aromatic ring is 1. The summed E-state index contributed by atoms with van der Waals surface area (Å²) in [5.41, 5.74) is 7.38. The van der Waals surface area contributed by atoms with Crippen molar-refractivity contribution in [1.82, 2.24) is 9.78 Å². The maximum Gasteiger partial charge on any atom is 0.324 e. The Hall–Kier alpha value is -1.92. The Labute approximate surface area is 125 Å². The number of nitrogens with two attached hydrogens (primary N) is 1. The van der Waals surface area contributed by atoms with E-state index in [-0.39, 0.29) is 0 Å². The summed E-state index contributed by atoms with van der Waals surface area (Å²) in [7, 11) is 1.69. The van der Waals surface area contributed by atoms with Crippen LogP contribution in [0.2, 0.25) is 10.0 Å². The maximum absolute atomic E-state index is 11.9. The molecule has 0 aliphatic rings. The molecule has 0 unspecified atom stereocenters. The average molecular weight is 314 g/mol. The molecule has 106 valence electrons. The summed E-state index contributed by atoms with van der Waals surface area (Å²) in [5, 5.41) is 10.2. The topological polar surface area (TPSA) is 85.0 Å². The van der Waals surface area contributed by atoms with Crippen LogP contribution in [-0.4, -0.2) is 15.8 Å². The third-order valence-electron chi connectivity index (χ3n) is 2.62. The van der Waals surface area contributed by atoms with Gasteiger partial charge in [-0.05, 0) is 25.1 Å². The van der Waals surface area contributed by atoms with E-state index in [4.69, 9.17) is 28.9 Å². The fourth-order valence-corrected chi connectivity index (χ4v) is 2.24. The number of aromatic nitrogens is 2. The van der Waals surface area contributed by atoms with Crippen LogP contribution in [0.15, 0.2) is 18.2 Å². The van der Waals surface area contributed by atoms with Crippen LogP contribution in [-0.2, 0) is 7.05 Å². The normalized spacial score (nSPS) is 10.4. The molecule has 1 heterocycles. The van der Waals surface area contributed by atoms with E-state index in [2.05, 4.69) is 15.7 Å². The van der Waals surface area contributed by atoms with E-state index in [9.17, 15) is 4.79 Å². The van der Waals surface area contributed by atoms with E-state index in [1.807, 2.05) is 0 Å². The van der Waals surface area contributed by atoms with Crippen LogP contribution in [0.1, 0.15) is 5.69 Å². The first-order valence-corrected chi connectivity index (χ1v) is 6.45. The zero-order valence-electron chi connectivity index (χ0n) is 10.9. The average Bonchev–Trinajstić information content (AvgIpc) is 2.54. The summed E-state index contributed by atoms with van der Waals surface area (Å²) in [6.07, 6.45) is 0. The van der Waals surface area contributed by atoms with Crippen molar-refractivity contribution in [2.24, 2.45) is 7.05 Å². The van der Waals surface area contributed by atoms with Gasteiger partial charge in [-0.3, -0.25) is 10.00 Å². The third kappa shape index (κ3) is 3.15. The molecule has 2 aromatic rings. The lowest BCUT2D eigenvalue weighted by Crippen LogP contribution is -2.21. The minimum atomic E-state index is -0.460. The van der Waals surface area contributed by atoms with Crippen molar-refractivity contribution in [1.29, 1.82) is 0 Å². The van der Waals surface area contributed by atoms with Gasteiger partial charge in [0.05, 0.1) is 11.4 Å². The second-order valence-corrected chi connectivity index (χ2v) is 5.08. The van der Waals surface area contributed by atoms with E-state index >= 15 is 0 Å². The van der Waals surface area contributed by atoms with Crippen LogP contribution in [0.5, 0.6) is 0 Å². The second kappa shape index (κ2) is 5.60. The van der Waals surface area contributed by atoms with Crippen molar-refractivity contribution in [2.45, 2.75) is 6.92 Å². The molecule has 4 N–H and O–H groups in total. The van der Waals surface area contributed by atoms with Gasteiger partial charge in [0.2, 0.25) is 0 Å². The molecule has 0 spiro atoms. The van der Waals surface area contributed by atoms with Crippen LogP contribution in [0.25, 0.3) is 0 Å². The van der Waals surface area contributed by atoms with E-state index in [1.54, 1.807) is 32.2 Å². The van der Waals surface area contributed by atoms with Gasteiger partial charge in [-0.15, -0.1) is 0 Å². The Kier molecular flexibility index (Phi) is 4.06. The number of carbonyl (C=O) groups is 1. The number of urea groups is 1. The maximum atomic E-state index is 11.9. The minimum Gasteiger partial charge on any atom is -0.394 e. The van der Waals surface area contributed by atoms with Crippen molar-refractivity contribution < 1.29 is 4.79 Å². The van der Waals surface area contributed by atoms with E-state index in [0.717, 1.165) is 0 Å². The Morgan fingerprint density at radius 2 is 1.85 bits per heavy atom. The number of nitrogens with one attached hydrogen (secondary N) is 2. The molecule has 0 bridgehead atoms. The Morgan fingerprint density at radius 1 is 1.25 bits per heavy atom. The molecular weight excluding hydrogens is 301 g/mol. The molecule has 2 rings (SSSR count). The number of anilines is 3. The lowest BCUT2D eigenvalue weighted by Gasteiger charge is -2.09. The summed E-state index contributed by atoms with van der Waals surface area (Å²) in [6, 6.07) is 4.29. The van der Waals surface area contributed by atoms with Gasteiger partial charge in [0, 0.05) is 22.8 Å². The molecule has 1 aromatic carbocycles. The highest BCUT2D eigenvalue weighted by molar-refractivity contribution is 6.35. The highest BCUT2D eigenvalue weighted by Crippen LogP contribution is 2.24. The SMILES string of the molecule is Cc1nn(C)c(NC(=O)Nc2cc(Cl)cc(Cl)c2)c1N. The second-order valence-electron chi connectivity index (χ2n) is 4.21. The first-order chi connectivity index (χ1) is 9.36. The molecule has 20 heavy (non-hydrogen) atoms. The highest BCUT2D eigenvalue weighted by atomic mass is 35.5. The number of benzene rings is 1. The van der Waals surface area contributed by atoms with Crippen LogP contribution in [0.4, 0.5) is 22.0 Å². The fraction of sp³-hybridized carbons (Fsp3) is 0.167. The predicted octanol–water partition coefficient (Wildman–Crippen LogP) is 3.26. The minimum absolute atomic E-state index is 0.423. The van der Waals surface area contributed by atoms with Crippen molar-refractivity contribution in [3.63, 3.8) is 0 Å². The highest BCUT2D eigenvalue weighted by Gasteiger charge is 2.13. The summed E-state index contributed by atoms with van der Waals surface area (Å²) < 4.78 is 1.50. The third-order valence-corrected chi connectivity index (χ3v) is 3.06. The molecule has 0 saturated heterocycles. The molecule has 8 heteroatoms. The monoisotopic (exact) mass is 313 g/mol. The molecule has 0 radical (unpaired) electrons. The first-order valence-electron chi connectivity index (χ1n) is 5.70. The summed E-state index contributed by atoms with van der Waals surface area (Å²) in [5.74, 6) is 0.424. The zero-order chi connectivity index (χ0) is 14.9. The van der Waals surface area contributed by atoms with Gasteiger partial charge in [0.15, 0.2) is 5.82 Å². The van der Waals surface area contributed by atoms with E-state index in [0.29, 0.717) is 32.9 Å². The molecule has 1 aromatic heterocycles. The van der Waals surface area contributed by atoms with Gasteiger partial charge < -0.3 is 11.1 Å². The van der Waals surface area contributed by atoms with Gasteiger partial charge in [-0.2, -0.15) is 5.10 Å². The Morgan fingerprint density at radius 3 is 2.35 bits per heavy atom. The smallest absolute Gasteiger partial charge is 0.324 e. The molecule has 0 aliphatic carbocycles. The molecule has 0 saturated carbocycles. The zero-order valence-corrected chi connectivity index (χ0v) is 12.4. The molecule has 0 atom stereocenters. The van der Waals surface area contributed by atoms with Crippen molar-refractivity contribution >= 4 is 46.4 Å². The number of halogens is 2. The number of rotatable bonds is 2. The summed E-state index contributed by atoms with van der Waals surface area (Å²) in [4.78, 5) is 11.9. The van der Waals surface area contributed by atoms with Crippen LogP contribution in [0, 0.1) is 6.92 Å². The summed E-state index contributed by atoms with van der Waals surface area (Å²) in [6.45, 7) is 1.76. The molecule has 0 aliphatic heterocycles. The fourth-order valence-electron chi connectivity index (χ4n) is 1.72. The van der Waals surface area contributed by atoms with Crippen LogP contribution >= 0.6 is 23.2 Å². The Bertz CT molecular complexity index is 648. The molecule has 0 fully saturated rings. The first kappa shape index (κ1) is 14.5. The number of amides is 2. The molecular formula is C12H13Cl2N5O. The number of nitrogens with zero attached hydrogens (tertiary/aromatic N) is 2.